The second-order valence-electron chi connectivity index (χ2n) is 6.35. The number of carbonyl (C=O) groups is 1. The normalized spacial score (nSPS) is 21.7. The lowest BCUT2D eigenvalue weighted by molar-refractivity contribution is -0.127. The fraction of sp³-hybridized carbons (Fsp3) is 0.765. The summed E-state index contributed by atoms with van der Waals surface area (Å²) in [4.78, 5) is 17.8. The topological polar surface area (TPSA) is 56.7 Å². The van der Waals surface area contributed by atoms with Crippen molar-refractivity contribution in [3.8, 4) is 0 Å². The van der Waals surface area contributed by atoms with Gasteiger partial charge in [-0.05, 0) is 31.9 Å². The van der Waals surface area contributed by atoms with Gasteiger partial charge in [0, 0.05) is 31.9 Å². The van der Waals surface area contributed by atoms with Gasteiger partial charge in [-0.1, -0.05) is 25.5 Å². The zero-order valence-electron chi connectivity index (χ0n) is 15.0. The van der Waals surface area contributed by atoms with Crippen LogP contribution in [0.25, 0.3) is 0 Å². The highest BCUT2D eigenvalue weighted by molar-refractivity contribution is 7.99. The van der Waals surface area contributed by atoms with Crippen LogP contribution in [0, 0.1) is 0 Å². The van der Waals surface area contributed by atoms with Crippen molar-refractivity contribution in [2.45, 2.75) is 50.8 Å². The van der Waals surface area contributed by atoms with Crippen molar-refractivity contribution in [2.75, 3.05) is 32.9 Å². The maximum absolute atomic E-state index is 11.8. The van der Waals surface area contributed by atoms with Crippen molar-refractivity contribution < 1.29 is 4.79 Å². The number of nitrogens with one attached hydrogen (secondary N) is 2. The Labute approximate surface area is 145 Å². The summed E-state index contributed by atoms with van der Waals surface area (Å²) in [6.45, 7) is 8.94. The third-order valence-electron chi connectivity index (χ3n) is 3.80. The third kappa shape index (κ3) is 8.30. The molecule has 0 radical (unpaired) electrons. The van der Waals surface area contributed by atoms with Crippen molar-refractivity contribution in [1.29, 1.82) is 0 Å². The summed E-state index contributed by atoms with van der Waals surface area (Å²) in [7, 11) is 3.50. The molecule has 1 amide bonds. The highest BCUT2D eigenvalue weighted by Gasteiger charge is 2.22. The van der Waals surface area contributed by atoms with Crippen LogP contribution < -0.4 is 10.6 Å². The van der Waals surface area contributed by atoms with Crippen LogP contribution in [0.1, 0.15) is 39.5 Å². The van der Waals surface area contributed by atoms with Gasteiger partial charge in [-0.25, -0.2) is 4.99 Å². The maximum atomic E-state index is 11.8. The number of amides is 1. The van der Waals surface area contributed by atoms with Crippen molar-refractivity contribution >= 4 is 23.6 Å². The van der Waals surface area contributed by atoms with Crippen LogP contribution >= 0.6 is 11.8 Å². The molecule has 1 fully saturated rings. The molecular weight excluding hydrogens is 308 g/mol. The number of carbonyl (C=O) groups excluding carboxylic acids is 1. The van der Waals surface area contributed by atoms with Crippen LogP contribution in [-0.4, -0.2) is 61.0 Å². The van der Waals surface area contributed by atoms with Crippen LogP contribution in [0.2, 0.25) is 0 Å². The zero-order chi connectivity index (χ0) is 17.2. The second-order valence-corrected chi connectivity index (χ2v) is 7.93. The Morgan fingerprint density at radius 2 is 2.13 bits per heavy atom. The molecule has 6 heteroatoms. The summed E-state index contributed by atoms with van der Waals surface area (Å²) >= 11 is 2.05. The van der Waals surface area contributed by atoms with E-state index in [9.17, 15) is 4.79 Å². The summed E-state index contributed by atoms with van der Waals surface area (Å²) in [6.07, 6.45) is 4.88. The number of hydrogen-bond donors (Lipinski definition) is 2. The van der Waals surface area contributed by atoms with Crippen molar-refractivity contribution in [2.24, 2.45) is 4.99 Å². The minimum Gasteiger partial charge on any atom is -0.354 e. The second kappa shape index (κ2) is 10.6. The summed E-state index contributed by atoms with van der Waals surface area (Å²) < 4.78 is 0. The first-order valence-electron chi connectivity index (χ1n) is 8.43. The van der Waals surface area contributed by atoms with Gasteiger partial charge in [0.05, 0.1) is 0 Å². The molecule has 1 aliphatic carbocycles. The molecule has 2 atom stereocenters. The Balaban J connectivity index is 2.61. The lowest BCUT2D eigenvalue weighted by Crippen LogP contribution is -2.46. The van der Waals surface area contributed by atoms with E-state index in [1.165, 1.54) is 18.6 Å². The Hall–Kier alpha value is -1.17. The summed E-state index contributed by atoms with van der Waals surface area (Å²) in [5.41, 5.74) is 1.04. The molecule has 23 heavy (non-hydrogen) atoms. The van der Waals surface area contributed by atoms with Gasteiger partial charge >= 0.3 is 0 Å². The molecule has 0 aromatic carbocycles. The smallest absolute Gasteiger partial charge is 0.243 e. The van der Waals surface area contributed by atoms with E-state index < -0.39 is 0 Å². The fourth-order valence-electron chi connectivity index (χ4n) is 2.53. The van der Waals surface area contributed by atoms with Gasteiger partial charge in [-0.2, -0.15) is 11.8 Å². The van der Waals surface area contributed by atoms with E-state index in [1.54, 1.807) is 19.0 Å². The molecule has 2 N–H and O–H groups in total. The van der Waals surface area contributed by atoms with Crippen LogP contribution in [-0.2, 0) is 4.79 Å². The quantitative estimate of drug-likeness (QED) is 0.424. The lowest BCUT2D eigenvalue weighted by atomic mass is 9.95. The summed E-state index contributed by atoms with van der Waals surface area (Å²) in [5.74, 6) is 1.89. The molecular formula is C17H32N4OS. The van der Waals surface area contributed by atoms with E-state index in [4.69, 9.17) is 0 Å². The van der Waals surface area contributed by atoms with Crippen LogP contribution in [0.5, 0.6) is 0 Å². The molecule has 5 nitrogen and oxygen atoms in total. The molecule has 1 rings (SSSR count). The predicted octanol–water partition coefficient (Wildman–Crippen LogP) is 2.25. The Morgan fingerprint density at radius 3 is 2.74 bits per heavy atom. The maximum Gasteiger partial charge on any atom is 0.243 e. The molecule has 0 heterocycles. The minimum absolute atomic E-state index is 0.00415. The fourth-order valence-corrected chi connectivity index (χ4v) is 3.70. The van der Waals surface area contributed by atoms with Gasteiger partial charge in [-0.3, -0.25) is 4.79 Å². The number of hydrogen-bond acceptors (Lipinski definition) is 3. The average molecular weight is 341 g/mol. The average Bonchev–Trinajstić information content (AvgIpc) is 2.50. The molecule has 1 saturated carbocycles. The van der Waals surface area contributed by atoms with Crippen molar-refractivity contribution in [3.05, 3.63) is 12.2 Å². The number of likely N-dealkylation sites (N-methyl/N-ethyl adjacent to an activating group) is 1. The molecule has 0 aliphatic heterocycles. The van der Waals surface area contributed by atoms with Crippen LogP contribution in [0.4, 0.5) is 0 Å². The van der Waals surface area contributed by atoms with E-state index in [2.05, 4.69) is 29.1 Å². The van der Waals surface area contributed by atoms with Crippen molar-refractivity contribution in [1.82, 2.24) is 15.5 Å². The lowest BCUT2D eigenvalue weighted by Gasteiger charge is -2.30. The third-order valence-corrected chi connectivity index (χ3v) is 5.03. The standard InChI is InChI=1S/C17H32N4OS/c1-6-23-15-9-7-8-14(10-15)20-17(18-11-13(2)3)19-12-16(22)21(4)5/h14-15H,2,6-12H2,1,3-5H3,(H2,18,19,20). The monoisotopic (exact) mass is 340 g/mol. The van der Waals surface area contributed by atoms with Gasteiger partial charge in [-0.15, -0.1) is 0 Å². The summed E-state index contributed by atoms with van der Waals surface area (Å²) in [5, 5.41) is 7.51. The predicted molar refractivity (Wildman–Crippen MR) is 101 cm³/mol. The number of aliphatic imine (C=N–C) groups is 1. The molecule has 2 unspecified atom stereocenters. The highest BCUT2D eigenvalue weighted by Crippen LogP contribution is 2.28. The molecule has 0 aromatic heterocycles. The number of thioether (sulfide) groups is 1. The minimum atomic E-state index is 0.00415. The van der Waals surface area contributed by atoms with Gasteiger partial charge in [0.25, 0.3) is 0 Å². The molecule has 0 spiro atoms. The summed E-state index contributed by atoms with van der Waals surface area (Å²) in [6, 6.07) is 0.429. The highest BCUT2D eigenvalue weighted by atomic mass is 32.2. The Kier molecular flexibility index (Phi) is 9.14. The van der Waals surface area contributed by atoms with Crippen LogP contribution in [0.15, 0.2) is 17.1 Å². The first-order valence-corrected chi connectivity index (χ1v) is 9.48. The van der Waals surface area contributed by atoms with E-state index in [0.29, 0.717) is 12.6 Å². The van der Waals surface area contributed by atoms with E-state index in [0.717, 1.165) is 29.6 Å². The van der Waals surface area contributed by atoms with Gasteiger partial charge in [0.15, 0.2) is 5.96 Å². The van der Waals surface area contributed by atoms with Gasteiger partial charge in [0.2, 0.25) is 5.91 Å². The molecule has 1 aliphatic rings. The first-order chi connectivity index (χ1) is 10.9. The van der Waals surface area contributed by atoms with Gasteiger partial charge in [0.1, 0.15) is 6.54 Å². The molecule has 0 bridgehead atoms. The van der Waals surface area contributed by atoms with Crippen molar-refractivity contribution in [3.63, 3.8) is 0 Å². The Morgan fingerprint density at radius 1 is 1.39 bits per heavy atom. The zero-order valence-corrected chi connectivity index (χ0v) is 15.8. The Bertz CT molecular complexity index is 421. The first kappa shape index (κ1) is 19.9. The number of nitrogens with zero attached hydrogens (tertiary/aromatic N) is 2. The number of guanidine groups is 1. The largest absolute Gasteiger partial charge is 0.354 e. The molecule has 132 valence electrons. The molecule has 0 aromatic rings. The van der Waals surface area contributed by atoms with E-state index in [-0.39, 0.29) is 12.5 Å². The van der Waals surface area contributed by atoms with Gasteiger partial charge < -0.3 is 15.5 Å². The van der Waals surface area contributed by atoms with E-state index >= 15 is 0 Å². The van der Waals surface area contributed by atoms with Crippen LogP contribution in [0.3, 0.4) is 0 Å². The van der Waals surface area contributed by atoms with E-state index in [1.807, 2.05) is 18.7 Å². The number of rotatable bonds is 7. The molecule has 0 saturated heterocycles. The SMILES string of the molecule is C=C(C)CNC(=NCC(=O)N(C)C)NC1CCCC(SCC)C1.